The van der Waals surface area contributed by atoms with Gasteiger partial charge in [0.1, 0.15) is 18.5 Å². The molecule has 2 heterocycles. The highest BCUT2D eigenvalue weighted by Gasteiger charge is 2.35. The molecule has 0 aliphatic carbocycles. The molecule has 1 aliphatic rings. The first kappa shape index (κ1) is 28.0. The van der Waals surface area contributed by atoms with E-state index in [-0.39, 0.29) is 10.8 Å². The van der Waals surface area contributed by atoms with Crippen molar-refractivity contribution in [3.05, 3.63) is 71.4 Å². The molecule has 0 N–H and O–H groups in total. The number of ether oxygens (including phenoxy) is 1. The summed E-state index contributed by atoms with van der Waals surface area (Å²) in [5.74, 6) is 2.03. The maximum absolute atomic E-state index is 7.11. The highest BCUT2D eigenvalue weighted by molar-refractivity contribution is 6.90. The van der Waals surface area contributed by atoms with Gasteiger partial charge in [0, 0.05) is 17.0 Å². The first-order valence-electron chi connectivity index (χ1n) is 15.2. The number of aryl methyl sites for hydroxylation is 2. The van der Waals surface area contributed by atoms with Crippen LogP contribution < -0.4 is 14.5 Å². The van der Waals surface area contributed by atoms with E-state index in [2.05, 4.69) is 134 Å². The number of hydrogen-bond acceptors (Lipinski definition) is 1. The highest BCUT2D eigenvalue weighted by atomic mass is 28.3. The van der Waals surface area contributed by atoms with Crippen LogP contribution in [0.5, 0.6) is 11.5 Å². The largest absolute Gasteiger partial charge is 0.455 e. The molecule has 0 radical (unpaired) electrons. The zero-order valence-corrected chi connectivity index (χ0v) is 28.0. The van der Waals surface area contributed by atoms with Gasteiger partial charge in [-0.15, -0.1) is 0 Å². The summed E-state index contributed by atoms with van der Waals surface area (Å²) >= 11 is 0. The first-order valence-corrected chi connectivity index (χ1v) is 18.7. The highest BCUT2D eigenvalue weighted by Crippen LogP contribution is 2.52. The number of aromatic nitrogens is 1. The summed E-state index contributed by atoms with van der Waals surface area (Å²) < 4.78 is 9.44. The Kier molecular flexibility index (Phi) is 6.25. The summed E-state index contributed by atoms with van der Waals surface area (Å²) in [5, 5.41) is 9.44. The molecular weight excluding hydrogens is 515 g/mol. The van der Waals surface area contributed by atoms with E-state index in [1.54, 1.807) is 0 Å². The van der Waals surface area contributed by atoms with E-state index >= 15 is 0 Å². The van der Waals surface area contributed by atoms with Crippen LogP contribution >= 0.6 is 0 Å². The molecule has 0 spiro atoms. The van der Waals surface area contributed by atoms with Gasteiger partial charge in [-0.05, 0) is 69.3 Å². The molecule has 2 nitrogen and oxygen atoms in total. The third kappa shape index (κ3) is 4.76. The SMILES string of the molecule is Cc1c2c(c(CC(C)(C)C)c3ccc(CC(C)(C)C)cc13)Oc1cc3cccc([Si](C)(C)C)c3c3cc[n+](C)c-2c13. The molecule has 5 aromatic rings. The van der Waals surface area contributed by atoms with Gasteiger partial charge in [0.15, 0.2) is 6.20 Å². The van der Waals surface area contributed by atoms with Gasteiger partial charge >= 0.3 is 0 Å². The zero-order valence-electron chi connectivity index (χ0n) is 27.0. The lowest BCUT2D eigenvalue weighted by molar-refractivity contribution is -0.659. The van der Waals surface area contributed by atoms with Gasteiger partial charge in [0.25, 0.3) is 0 Å². The molecule has 0 amide bonds. The Morgan fingerprint density at radius 2 is 1.49 bits per heavy atom. The maximum atomic E-state index is 7.11. The molecule has 1 aliphatic heterocycles. The van der Waals surface area contributed by atoms with E-state index in [1.165, 1.54) is 65.5 Å². The standard InChI is InChI=1S/C38H46NOSi/c1-23-28-19-24(21-37(2,3)4)15-16-26(28)29(22-38(5,6)7)36-32(23)35-34-27(17-18-39(35)8)33-25(20-30(34)40-36)13-12-14-31(33)41(9,10)11/h12-20H,21-22H2,1-11H3/q+1. The van der Waals surface area contributed by atoms with E-state index in [0.29, 0.717) is 0 Å². The summed E-state index contributed by atoms with van der Waals surface area (Å²) in [5.41, 5.74) is 6.94. The van der Waals surface area contributed by atoms with Gasteiger partial charge in [0.05, 0.1) is 19.0 Å². The van der Waals surface area contributed by atoms with Crippen molar-refractivity contribution in [3.8, 4) is 22.8 Å². The van der Waals surface area contributed by atoms with Crippen LogP contribution in [-0.2, 0) is 19.9 Å². The smallest absolute Gasteiger partial charge is 0.228 e. The third-order valence-corrected chi connectivity index (χ3v) is 10.6. The molecule has 0 bridgehead atoms. The summed E-state index contributed by atoms with van der Waals surface area (Å²) in [6.07, 6.45) is 4.27. The normalized spacial score (nSPS) is 13.6. The predicted octanol–water partition coefficient (Wildman–Crippen LogP) is 9.77. The molecular formula is C38H46NOSi+. The van der Waals surface area contributed by atoms with Gasteiger partial charge in [-0.3, -0.25) is 0 Å². The Labute approximate surface area is 247 Å². The van der Waals surface area contributed by atoms with Crippen molar-refractivity contribution in [1.82, 2.24) is 0 Å². The summed E-state index contributed by atoms with van der Waals surface area (Å²) in [7, 11) is 0.616. The van der Waals surface area contributed by atoms with Crippen molar-refractivity contribution in [2.75, 3.05) is 0 Å². The number of fused-ring (bicyclic) bond motifs is 5. The van der Waals surface area contributed by atoms with Crippen molar-refractivity contribution in [2.45, 2.75) is 80.9 Å². The van der Waals surface area contributed by atoms with Crippen LogP contribution in [0.1, 0.15) is 58.2 Å². The Hall–Kier alpha value is -3.17. The number of benzene rings is 4. The fourth-order valence-corrected chi connectivity index (χ4v) is 8.62. The van der Waals surface area contributed by atoms with Crippen LogP contribution in [0, 0.1) is 17.8 Å². The first-order chi connectivity index (χ1) is 19.0. The number of hydrogen-bond donors (Lipinski definition) is 0. The van der Waals surface area contributed by atoms with Crippen molar-refractivity contribution < 1.29 is 9.30 Å². The minimum atomic E-state index is -1.58. The van der Waals surface area contributed by atoms with Gasteiger partial charge in [-0.2, -0.15) is 0 Å². The Balaban J connectivity index is 1.77. The topological polar surface area (TPSA) is 13.1 Å². The van der Waals surface area contributed by atoms with Crippen LogP contribution in [0.15, 0.2) is 54.7 Å². The van der Waals surface area contributed by atoms with Gasteiger partial charge in [-0.25, -0.2) is 4.57 Å². The lowest BCUT2D eigenvalue weighted by Crippen LogP contribution is -2.38. The molecule has 0 atom stereocenters. The van der Waals surface area contributed by atoms with Crippen LogP contribution in [0.3, 0.4) is 0 Å². The molecule has 4 aromatic carbocycles. The van der Waals surface area contributed by atoms with Crippen LogP contribution in [0.2, 0.25) is 19.6 Å². The van der Waals surface area contributed by atoms with Crippen LogP contribution in [0.25, 0.3) is 43.6 Å². The van der Waals surface area contributed by atoms with E-state index in [4.69, 9.17) is 4.74 Å². The van der Waals surface area contributed by atoms with Crippen molar-refractivity contribution in [1.29, 1.82) is 0 Å². The van der Waals surface area contributed by atoms with Crippen LogP contribution in [0.4, 0.5) is 0 Å². The molecule has 0 fully saturated rings. The average Bonchev–Trinajstić information content (AvgIpc) is 2.85. The molecule has 1 aromatic heterocycles. The Bertz CT molecular complexity index is 1880. The number of pyridine rings is 1. The quantitative estimate of drug-likeness (QED) is 0.119. The van der Waals surface area contributed by atoms with Crippen molar-refractivity contribution in [3.63, 3.8) is 0 Å². The summed E-state index contributed by atoms with van der Waals surface area (Å²) in [6.45, 7) is 23.6. The van der Waals surface area contributed by atoms with E-state index in [0.717, 1.165) is 24.3 Å². The second kappa shape index (κ2) is 9.16. The molecule has 0 saturated carbocycles. The zero-order chi connectivity index (χ0) is 29.6. The third-order valence-electron chi connectivity index (χ3n) is 8.61. The lowest BCUT2D eigenvalue weighted by atomic mass is 9.80. The fraction of sp³-hybridized carbons (Fsp3) is 0.395. The van der Waals surface area contributed by atoms with E-state index in [1.807, 2.05) is 0 Å². The molecule has 3 heteroatoms. The van der Waals surface area contributed by atoms with Gasteiger partial charge in [-0.1, -0.05) is 103 Å². The second-order valence-electron chi connectivity index (χ2n) is 15.9. The molecule has 0 unspecified atom stereocenters. The van der Waals surface area contributed by atoms with Crippen molar-refractivity contribution in [2.24, 2.45) is 17.9 Å². The number of rotatable bonds is 3. The minimum absolute atomic E-state index is 0.119. The Morgan fingerprint density at radius 3 is 2.15 bits per heavy atom. The monoisotopic (exact) mass is 560 g/mol. The van der Waals surface area contributed by atoms with Gasteiger partial charge < -0.3 is 4.74 Å². The Morgan fingerprint density at radius 1 is 0.780 bits per heavy atom. The van der Waals surface area contributed by atoms with E-state index < -0.39 is 8.07 Å². The lowest BCUT2D eigenvalue weighted by Gasteiger charge is -2.29. The van der Waals surface area contributed by atoms with Gasteiger partial charge in [0.2, 0.25) is 5.69 Å². The second-order valence-corrected chi connectivity index (χ2v) is 20.9. The molecule has 6 rings (SSSR count). The molecule has 0 saturated heterocycles. The number of nitrogens with zero attached hydrogens (tertiary/aromatic N) is 1. The maximum Gasteiger partial charge on any atom is 0.228 e. The average molecular weight is 561 g/mol. The van der Waals surface area contributed by atoms with Crippen molar-refractivity contribution >= 4 is 45.6 Å². The molecule has 41 heavy (non-hydrogen) atoms. The fourth-order valence-electron chi connectivity index (χ4n) is 7.00. The minimum Gasteiger partial charge on any atom is -0.455 e. The van der Waals surface area contributed by atoms with Crippen LogP contribution in [-0.4, -0.2) is 8.07 Å². The van der Waals surface area contributed by atoms with E-state index in [9.17, 15) is 0 Å². The summed E-state index contributed by atoms with van der Waals surface area (Å²) in [6, 6.07) is 18.6. The predicted molar refractivity (Wildman–Crippen MR) is 180 cm³/mol. The molecule has 212 valence electrons. The summed E-state index contributed by atoms with van der Waals surface area (Å²) in [4.78, 5) is 0.